The molecule has 0 aliphatic heterocycles. The van der Waals surface area contributed by atoms with Gasteiger partial charge in [0.25, 0.3) is 0 Å². The van der Waals surface area contributed by atoms with Gasteiger partial charge in [-0.15, -0.1) is 0 Å². The second-order valence-electron chi connectivity index (χ2n) is 4.92. The van der Waals surface area contributed by atoms with E-state index in [4.69, 9.17) is 5.11 Å². The van der Waals surface area contributed by atoms with Gasteiger partial charge in [0.15, 0.2) is 0 Å². The molecule has 1 aromatic rings. The lowest BCUT2D eigenvalue weighted by Gasteiger charge is -2.25. The maximum absolute atomic E-state index is 9.10. The van der Waals surface area contributed by atoms with Crippen molar-refractivity contribution < 1.29 is 5.11 Å². The zero-order chi connectivity index (χ0) is 12.3. The van der Waals surface area contributed by atoms with E-state index in [1.54, 1.807) is 6.20 Å². The van der Waals surface area contributed by atoms with Crippen LogP contribution in [0.5, 0.6) is 0 Å². The Balaban J connectivity index is 2.16. The number of pyridine rings is 1. The number of hydrogen-bond acceptors (Lipinski definition) is 3. The fourth-order valence-electron chi connectivity index (χ4n) is 2.19. The van der Waals surface area contributed by atoms with E-state index in [-0.39, 0.29) is 6.61 Å². The number of hydrogen-bond donors (Lipinski definition) is 1. The summed E-state index contributed by atoms with van der Waals surface area (Å²) >= 11 is 0. The largest absolute Gasteiger partial charge is 0.392 e. The molecule has 0 spiro atoms. The summed E-state index contributed by atoms with van der Waals surface area (Å²) in [6, 6.07) is 2.75. The minimum Gasteiger partial charge on any atom is -0.392 e. The van der Waals surface area contributed by atoms with Crippen LogP contribution in [0.25, 0.3) is 0 Å². The number of anilines is 1. The topological polar surface area (TPSA) is 36.4 Å². The van der Waals surface area contributed by atoms with Crippen molar-refractivity contribution in [2.75, 3.05) is 11.4 Å². The van der Waals surface area contributed by atoms with Crippen molar-refractivity contribution in [1.82, 2.24) is 4.98 Å². The predicted molar refractivity (Wildman–Crippen MR) is 70.2 cm³/mol. The van der Waals surface area contributed by atoms with Crippen LogP contribution in [-0.2, 0) is 6.61 Å². The van der Waals surface area contributed by atoms with Crippen LogP contribution in [0.3, 0.4) is 0 Å². The average molecular weight is 234 g/mol. The van der Waals surface area contributed by atoms with Crippen LogP contribution < -0.4 is 4.90 Å². The molecule has 0 bridgehead atoms. The van der Waals surface area contributed by atoms with Crippen LogP contribution in [-0.4, -0.2) is 22.7 Å². The fourth-order valence-corrected chi connectivity index (χ4v) is 2.19. The van der Waals surface area contributed by atoms with Gasteiger partial charge in [0, 0.05) is 18.8 Å². The molecule has 1 saturated carbocycles. The summed E-state index contributed by atoms with van der Waals surface area (Å²) in [5.74, 6) is 1.11. The zero-order valence-corrected chi connectivity index (χ0v) is 10.8. The first-order valence-electron chi connectivity index (χ1n) is 6.59. The van der Waals surface area contributed by atoms with Crippen molar-refractivity contribution in [3.8, 4) is 0 Å². The molecule has 0 aromatic carbocycles. The second-order valence-corrected chi connectivity index (χ2v) is 4.92. The molecule has 3 nitrogen and oxygen atoms in total. The Kier molecular flexibility index (Phi) is 4.00. The molecule has 0 saturated heterocycles. The third-order valence-electron chi connectivity index (χ3n) is 3.30. The molecule has 1 aromatic heterocycles. The van der Waals surface area contributed by atoms with E-state index in [0.717, 1.165) is 17.9 Å². The van der Waals surface area contributed by atoms with Gasteiger partial charge in [-0.3, -0.25) is 0 Å². The number of unbranched alkanes of at least 4 members (excludes halogenated alkanes) is 1. The molecule has 0 radical (unpaired) electrons. The quantitative estimate of drug-likeness (QED) is 0.822. The van der Waals surface area contributed by atoms with Gasteiger partial charge in [0.05, 0.1) is 6.61 Å². The van der Waals surface area contributed by atoms with E-state index in [1.165, 1.54) is 31.2 Å². The van der Waals surface area contributed by atoms with Gasteiger partial charge in [-0.1, -0.05) is 13.3 Å². The van der Waals surface area contributed by atoms with Crippen molar-refractivity contribution in [3.63, 3.8) is 0 Å². The summed E-state index contributed by atoms with van der Waals surface area (Å²) in [4.78, 5) is 6.97. The summed E-state index contributed by atoms with van der Waals surface area (Å²) in [6.45, 7) is 5.49. The van der Waals surface area contributed by atoms with Crippen LogP contribution in [0.15, 0.2) is 12.3 Å². The molecule has 0 unspecified atom stereocenters. The van der Waals surface area contributed by atoms with Gasteiger partial charge < -0.3 is 10.0 Å². The molecule has 94 valence electrons. The Bertz CT molecular complexity index is 374. The Morgan fingerprint density at radius 2 is 2.24 bits per heavy atom. The summed E-state index contributed by atoms with van der Waals surface area (Å²) in [5, 5.41) is 9.10. The van der Waals surface area contributed by atoms with E-state index in [2.05, 4.69) is 23.7 Å². The third-order valence-corrected chi connectivity index (χ3v) is 3.30. The molecule has 1 aliphatic carbocycles. The van der Waals surface area contributed by atoms with Crippen LogP contribution in [0.2, 0.25) is 0 Å². The summed E-state index contributed by atoms with van der Waals surface area (Å²) in [6.07, 6.45) is 6.83. The molecule has 1 fully saturated rings. The van der Waals surface area contributed by atoms with Gasteiger partial charge >= 0.3 is 0 Å². The molecule has 0 atom stereocenters. The number of aliphatic hydroxyl groups is 1. The summed E-state index contributed by atoms with van der Waals surface area (Å²) < 4.78 is 0. The van der Waals surface area contributed by atoms with E-state index < -0.39 is 0 Å². The lowest BCUT2D eigenvalue weighted by atomic mass is 10.2. The van der Waals surface area contributed by atoms with Crippen LogP contribution in [0.4, 0.5) is 5.82 Å². The first kappa shape index (κ1) is 12.4. The van der Waals surface area contributed by atoms with Crippen molar-refractivity contribution in [2.24, 2.45) is 0 Å². The maximum atomic E-state index is 9.10. The molecule has 1 aliphatic rings. The van der Waals surface area contributed by atoms with E-state index in [1.807, 2.05) is 6.07 Å². The number of aryl methyl sites for hydroxylation is 1. The SMILES string of the molecule is CCCCN(c1ncc(CO)cc1C)C1CC1. The minimum atomic E-state index is 0.0759. The number of nitrogens with zero attached hydrogens (tertiary/aromatic N) is 2. The highest BCUT2D eigenvalue weighted by Crippen LogP contribution is 2.32. The molecule has 1 N–H and O–H groups in total. The Morgan fingerprint density at radius 3 is 2.76 bits per heavy atom. The maximum Gasteiger partial charge on any atom is 0.131 e. The Morgan fingerprint density at radius 1 is 1.47 bits per heavy atom. The number of rotatable bonds is 6. The van der Waals surface area contributed by atoms with Gasteiger partial charge in [-0.05, 0) is 43.4 Å². The zero-order valence-electron chi connectivity index (χ0n) is 10.8. The van der Waals surface area contributed by atoms with Gasteiger partial charge in [0.1, 0.15) is 5.82 Å². The smallest absolute Gasteiger partial charge is 0.131 e. The van der Waals surface area contributed by atoms with Gasteiger partial charge in [0.2, 0.25) is 0 Å². The van der Waals surface area contributed by atoms with Crippen molar-refractivity contribution in [2.45, 2.75) is 52.2 Å². The summed E-state index contributed by atoms with van der Waals surface area (Å²) in [7, 11) is 0. The highest BCUT2D eigenvalue weighted by Gasteiger charge is 2.30. The molecular weight excluding hydrogens is 212 g/mol. The van der Waals surface area contributed by atoms with Gasteiger partial charge in [-0.2, -0.15) is 0 Å². The lowest BCUT2D eigenvalue weighted by Crippen LogP contribution is -2.28. The van der Waals surface area contributed by atoms with Gasteiger partial charge in [-0.25, -0.2) is 4.98 Å². The van der Waals surface area contributed by atoms with Crippen LogP contribution in [0.1, 0.15) is 43.7 Å². The summed E-state index contributed by atoms with van der Waals surface area (Å²) in [5.41, 5.74) is 2.08. The standard InChI is InChI=1S/C14H22N2O/c1-3-4-7-16(13-5-6-13)14-11(2)8-12(10-17)9-15-14/h8-9,13,17H,3-7,10H2,1-2H3. The van der Waals surface area contributed by atoms with E-state index in [9.17, 15) is 0 Å². The molecule has 1 heterocycles. The average Bonchev–Trinajstić information content (AvgIpc) is 3.15. The highest BCUT2D eigenvalue weighted by molar-refractivity contribution is 5.49. The first-order chi connectivity index (χ1) is 8.26. The normalized spacial score (nSPS) is 15.0. The van der Waals surface area contributed by atoms with E-state index in [0.29, 0.717) is 6.04 Å². The molecule has 17 heavy (non-hydrogen) atoms. The van der Waals surface area contributed by atoms with Crippen molar-refractivity contribution in [3.05, 3.63) is 23.4 Å². The fraction of sp³-hybridized carbons (Fsp3) is 0.643. The monoisotopic (exact) mass is 234 g/mol. The molecule has 3 heteroatoms. The van der Waals surface area contributed by atoms with Crippen LogP contribution in [0, 0.1) is 6.92 Å². The Hall–Kier alpha value is -1.09. The van der Waals surface area contributed by atoms with Crippen molar-refractivity contribution in [1.29, 1.82) is 0 Å². The third kappa shape index (κ3) is 2.97. The highest BCUT2D eigenvalue weighted by atomic mass is 16.3. The molecule has 0 amide bonds. The number of aliphatic hydroxyl groups excluding tert-OH is 1. The lowest BCUT2D eigenvalue weighted by molar-refractivity contribution is 0.281. The first-order valence-corrected chi connectivity index (χ1v) is 6.59. The van der Waals surface area contributed by atoms with Crippen LogP contribution >= 0.6 is 0 Å². The van der Waals surface area contributed by atoms with Crippen molar-refractivity contribution >= 4 is 5.82 Å². The second kappa shape index (κ2) is 5.50. The molecule has 2 rings (SSSR count). The Labute approximate surface area is 103 Å². The predicted octanol–water partition coefficient (Wildman–Crippen LogP) is 2.65. The number of aromatic nitrogens is 1. The molecular formula is C14H22N2O. The minimum absolute atomic E-state index is 0.0759. The van der Waals surface area contributed by atoms with E-state index >= 15 is 0 Å².